The van der Waals surface area contributed by atoms with Crippen LogP contribution in [-0.4, -0.2) is 50.1 Å². The van der Waals surface area contributed by atoms with Crippen molar-refractivity contribution in [2.45, 2.75) is 96.8 Å². The Kier molecular flexibility index (Phi) is 8.73. The minimum absolute atomic E-state index is 0.0103. The lowest BCUT2D eigenvalue weighted by Crippen LogP contribution is -2.56. The molecule has 7 heteroatoms. The molecule has 0 bridgehead atoms. The Morgan fingerprint density at radius 2 is 1.74 bits per heavy atom. The molecule has 0 spiro atoms. The Hall–Kier alpha value is -1.41. The monoisotopic (exact) mass is 450 g/mol. The number of hydrogen-bond acceptors (Lipinski definition) is 5. The van der Waals surface area contributed by atoms with Gasteiger partial charge < -0.3 is 14.1 Å². The maximum absolute atomic E-state index is 13.0. The number of benzene rings is 1. The molecule has 1 aliphatic heterocycles. The summed E-state index contributed by atoms with van der Waals surface area (Å²) >= 11 is 0. The van der Waals surface area contributed by atoms with E-state index in [1.165, 1.54) is 0 Å². The number of ether oxygens (including phenoxy) is 1. The number of hydroxylamine groups is 1. The van der Waals surface area contributed by atoms with Crippen LogP contribution in [0.15, 0.2) is 30.3 Å². The van der Waals surface area contributed by atoms with E-state index in [1.54, 1.807) is 0 Å². The third kappa shape index (κ3) is 8.22. The maximum atomic E-state index is 13.0. The number of likely N-dealkylation sites (tertiary alicyclic amines) is 1. The molecule has 1 N–H and O–H groups in total. The summed E-state index contributed by atoms with van der Waals surface area (Å²) in [5.74, 6) is 0. The molecule has 1 aliphatic rings. The lowest BCUT2D eigenvalue weighted by molar-refractivity contribution is -0.0381. The van der Waals surface area contributed by atoms with Crippen molar-refractivity contribution in [1.82, 2.24) is 10.4 Å². The van der Waals surface area contributed by atoms with Gasteiger partial charge in [-0.1, -0.05) is 51.1 Å². The van der Waals surface area contributed by atoms with Gasteiger partial charge in [-0.2, -0.15) is 5.48 Å². The first-order valence-electron chi connectivity index (χ1n) is 11.3. The number of nitrogens with zero attached hydrogens (tertiary/aromatic N) is 1. The molecule has 0 aliphatic carbocycles. The van der Waals surface area contributed by atoms with Gasteiger partial charge in [-0.05, 0) is 57.3 Å². The first kappa shape index (κ1) is 25.8. The van der Waals surface area contributed by atoms with E-state index in [4.69, 9.17) is 14.0 Å². The molecule has 1 aromatic rings. The molecule has 1 aromatic carbocycles. The summed E-state index contributed by atoms with van der Waals surface area (Å²) in [5, 5.41) is 0.133. The Balaban J connectivity index is 1.99. The molecule has 0 aromatic heterocycles. The molecule has 1 amide bonds. The molecule has 1 saturated heterocycles. The zero-order valence-corrected chi connectivity index (χ0v) is 21.7. The lowest BCUT2D eigenvalue weighted by Gasteiger charge is -2.43. The summed E-state index contributed by atoms with van der Waals surface area (Å²) < 4.78 is 12.2. The van der Waals surface area contributed by atoms with E-state index in [0.717, 1.165) is 18.4 Å². The van der Waals surface area contributed by atoms with Crippen LogP contribution in [0.5, 0.6) is 0 Å². The predicted octanol–water partition coefficient (Wildman–Crippen LogP) is 5.50. The SMILES string of the molecule is CC(C)(C)OC(=O)N1CC(NOCc2ccccc2)CC[C@H]1CO[Si](C)(C)C(C)(C)C. The summed E-state index contributed by atoms with van der Waals surface area (Å²) in [6.07, 6.45) is 1.48. The highest BCUT2D eigenvalue weighted by Gasteiger charge is 2.40. The van der Waals surface area contributed by atoms with Gasteiger partial charge in [0, 0.05) is 6.54 Å². The minimum Gasteiger partial charge on any atom is -0.444 e. The van der Waals surface area contributed by atoms with Gasteiger partial charge in [-0.15, -0.1) is 0 Å². The van der Waals surface area contributed by atoms with Crippen LogP contribution in [0.4, 0.5) is 4.79 Å². The molecule has 176 valence electrons. The predicted molar refractivity (Wildman–Crippen MR) is 127 cm³/mol. The Labute approximate surface area is 189 Å². The van der Waals surface area contributed by atoms with E-state index >= 15 is 0 Å². The standard InChI is InChI=1S/C24H42N2O4Si/c1-23(2,3)30-22(27)26-16-20(25-28-17-19-12-10-9-11-13-19)14-15-21(26)18-29-31(7,8)24(4,5)6/h9-13,20-21,25H,14-18H2,1-8H3/t20?,21-/m0/s1. The fourth-order valence-electron chi connectivity index (χ4n) is 3.18. The van der Waals surface area contributed by atoms with Crippen LogP contribution in [0.2, 0.25) is 18.1 Å². The van der Waals surface area contributed by atoms with Crippen molar-refractivity contribution in [2.75, 3.05) is 13.2 Å². The van der Waals surface area contributed by atoms with Crippen molar-refractivity contribution in [1.29, 1.82) is 0 Å². The molecule has 2 rings (SSSR count). The normalized spacial score (nSPS) is 20.6. The zero-order chi connectivity index (χ0) is 23.3. The summed E-state index contributed by atoms with van der Waals surface area (Å²) in [6, 6.07) is 10.1. The molecule has 1 fully saturated rings. The first-order valence-corrected chi connectivity index (χ1v) is 14.2. The highest BCUT2D eigenvalue weighted by atomic mass is 28.4. The van der Waals surface area contributed by atoms with Crippen LogP contribution in [0.1, 0.15) is 59.9 Å². The highest BCUT2D eigenvalue weighted by Crippen LogP contribution is 2.37. The van der Waals surface area contributed by atoms with E-state index in [0.29, 0.717) is 19.8 Å². The summed E-state index contributed by atoms with van der Waals surface area (Å²) in [5.41, 5.74) is 3.72. The van der Waals surface area contributed by atoms with Gasteiger partial charge in [0.25, 0.3) is 0 Å². The van der Waals surface area contributed by atoms with Gasteiger partial charge in [0.2, 0.25) is 0 Å². The second-order valence-electron chi connectivity index (χ2n) is 11.0. The summed E-state index contributed by atoms with van der Waals surface area (Å²) in [6.45, 7) is 18.5. The second kappa shape index (κ2) is 10.5. The van der Waals surface area contributed by atoms with E-state index < -0.39 is 13.9 Å². The number of carbonyl (C=O) groups is 1. The van der Waals surface area contributed by atoms with Crippen LogP contribution in [-0.2, 0) is 20.6 Å². The van der Waals surface area contributed by atoms with Crippen LogP contribution < -0.4 is 5.48 Å². The van der Waals surface area contributed by atoms with Crippen LogP contribution in [0.3, 0.4) is 0 Å². The van der Waals surface area contributed by atoms with E-state index in [9.17, 15) is 4.79 Å². The van der Waals surface area contributed by atoms with E-state index in [2.05, 4.69) is 39.3 Å². The smallest absolute Gasteiger partial charge is 0.410 e. The molecular formula is C24H42N2O4Si. The lowest BCUT2D eigenvalue weighted by atomic mass is 10.00. The van der Waals surface area contributed by atoms with Crippen LogP contribution in [0.25, 0.3) is 0 Å². The number of amides is 1. The van der Waals surface area contributed by atoms with Gasteiger partial charge in [-0.3, -0.25) is 4.84 Å². The van der Waals surface area contributed by atoms with Crippen LogP contribution in [0, 0.1) is 0 Å². The van der Waals surface area contributed by atoms with Crippen molar-refractivity contribution < 1.29 is 18.8 Å². The van der Waals surface area contributed by atoms with Gasteiger partial charge >= 0.3 is 6.09 Å². The Morgan fingerprint density at radius 3 is 2.32 bits per heavy atom. The van der Waals surface area contributed by atoms with Crippen molar-refractivity contribution in [2.24, 2.45) is 0 Å². The Bertz CT molecular complexity index is 698. The highest BCUT2D eigenvalue weighted by molar-refractivity contribution is 6.74. The second-order valence-corrected chi connectivity index (χ2v) is 15.8. The number of piperidine rings is 1. The van der Waals surface area contributed by atoms with Gasteiger partial charge in [0.05, 0.1) is 25.3 Å². The summed E-state index contributed by atoms with van der Waals surface area (Å²) in [7, 11) is -1.89. The van der Waals surface area contributed by atoms with Crippen molar-refractivity contribution in [3.8, 4) is 0 Å². The van der Waals surface area contributed by atoms with Gasteiger partial charge in [0.15, 0.2) is 8.32 Å². The quantitative estimate of drug-likeness (QED) is 0.439. The Morgan fingerprint density at radius 1 is 1.10 bits per heavy atom. The summed E-state index contributed by atoms with van der Waals surface area (Å²) in [4.78, 5) is 20.5. The van der Waals surface area contributed by atoms with Crippen LogP contribution >= 0.6 is 0 Å². The average molecular weight is 451 g/mol. The van der Waals surface area contributed by atoms with E-state index in [1.807, 2.05) is 56.0 Å². The molecule has 31 heavy (non-hydrogen) atoms. The maximum Gasteiger partial charge on any atom is 0.410 e. The first-order chi connectivity index (χ1) is 14.3. The molecular weight excluding hydrogens is 408 g/mol. The van der Waals surface area contributed by atoms with Crippen molar-refractivity contribution >= 4 is 14.4 Å². The van der Waals surface area contributed by atoms with Gasteiger partial charge in [0.1, 0.15) is 5.60 Å². The third-order valence-electron chi connectivity index (χ3n) is 6.11. The zero-order valence-electron chi connectivity index (χ0n) is 20.7. The topological polar surface area (TPSA) is 60.0 Å². The molecule has 6 nitrogen and oxygen atoms in total. The van der Waals surface area contributed by atoms with Crippen molar-refractivity contribution in [3.63, 3.8) is 0 Å². The molecule has 0 radical (unpaired) electrons. The fraction of sp³-hybridized carbons (Fsp3) is 0.708. The number of rotatable bonds is 7. The number of nitrogens with one attached hydrogen (secondary N) is 1. The molecule has 1 unspecified atom stereocenters. The van der Waals surface area contributed by atoms with E-state index in [-0.39, 0.29) is 23.2 Å². The minimum atomic E-state index is -1.89. The van der Waals surface area contributed by atoms with Crippen molar-refractivity contribution in [3.05, 3.63) is 35.9 Å². The number of carbonyl (C=O) groups excluding carboxylic acids is 1. The van der Waals surface area contributed by atoms with Gasteiger partial charge in [-0.25, -0.2) is 4.79 Å². The molecule has 0 saturated carbocycles. The largest absolute Gasteiger partial charge is 0.444 e. The average Bonchev–Trinajstić information content (AvgIpc) is 2.65. The molecule has 2 atom stereocenters. The molecule has 1 heterocycles. The third-order valence-corrected chi connectivity index (χ3v) is 10.6. The number of hydrogen-bond donors (Lipinski definition) is 1. The fourth-order valence-corrected chi connectivity index (χ4v) is 4.22.